The number of imidazole rings is 2. The summed E-state index contributed by atoms with van der Waals surface area (Å²) in [4.78, 5) is 27.1. The van der Waals surface area contributed by atoms with Crippen molar-refractivity contribution in [3.63, 3.8) is 0 Å². The van der Waals surface area contributed by atoms with Crippen LogP contribution in [0.1, 0.15) is 21.6 Å². The van der Waals surface area contributed by atoms with E-state index in [1.807, 2.05) is 54.2 Å². The lowest BCUT2D eigenvalue weighted by Gasteiger charge is -2.05. The standard InChI is InChI=1S/C25H23N5OS/c1-16-4-3-5-20-23(16)29-24(28-20)22-11-10-21(32-22)17-6-8-18(9-7-17)25(31)26-13-12-19-14-30(2)15-27-19/h3-11,14-15H,12-13H2,1-2H3,(H,26,31)(H,28,29). The van der Waals surface area contributed by atoms with Gasteiger partial charge in [-0.2, -0.15) is 0 Å². The minimum atomic E-state index is -0.0722. The Kier molecular flexibility index (Phi) is 5.33. The highest BCUT2D eigenvalue weighted by molar-refractivity contribution is 7.18. The summed E-state index contributed by atoms with van der Waals surface area (Å²) in [6.07, 6.45) is 4.44. The maximum absolute atomic E-state index is 12.4. The van der Waals surface area contributed by atoms with Crippen LogP contribution in [0.2, 0.25) is 0 Å². The fourth-order valence-corrected chi connectivity index (χ4v) is 4.66. The molecule has 0 aliphatic heterocycles. The summed E-state index contributed by atoms with van der Waals surface area (Å²) in [7, 11) is 1.94. The molecule has 0 atom stereocenters. The van der Waals surface area contributed by atoms with E-state index in [0.717, 1.165) is 43.4 Å². The Labute approximate surface area is 190 Å². The van der Waals surface area contributed by atoms with Crippen molar-refractivity contribution >= 4 is 28.3 Å². The fourth-order valence-electron chi connectivity index (χ4n) is 3.70. The number of H-pyrrole nitrogens is 1. The molecule has 0 aliphatic carbocycles. The molecule has 0 saturated carbocycles. The summed E-state index contributed by atoms with van der Waals surface area (Å²) in [6.45, 7) is 2.63. The number of carbonyl (C=O) groups is 1. The largest absolute Gasteiger partial charge is 0.352 e. The van der Waals surface area contributed by atoms with Crippen molar-refractivity contribution in [3.8, 4) is 21.1 Å². The molecule has 0 aliphatic rings. The van der Waals surface area contributed by atoms with Gasteiger partial charge in [0.15, 0.2) is 0 Å². The van der Waals surface area contributed by atoms with Crippen molar-refractivity contribution in [3.05, 3.63) is 83.9 Å². The normalized spacial score (nSPS) is 11.2. The molecule has 2 N–H and O–H groups in total. The van der Waals surface area contributed by atoms with Crippen LogP contribution < -0.4 is 5.32 Å². The molecule has 0 fully saturated rings. The molecule has 3 heterocycles. The van der Waals surface area contributed by atoms with E-state index in [2.05, 4.69) is 40.4 Å². The van der Waals surface area contributed by atoms with Gasteiger partial charge in [0.25, 0.3) is 5.91 Å². The van der Waals surface area contributed by atoms with Gasteiger partial charge < -0.3 is 14.9 Å². The van der Waals surface area contributed by atoms with Gasteiger partial charge in [0, 0.05) is 36.7 Å². The van der Waals surface area contributed by atoms with Gasteiger partial charge in [-0.3, -0.25) is 4.79 Å². The van der Waals surface area contributed by atoms with Crippen LogP contribution in [-0.4, -0.2) is 32.0 Å². The molecule has 2 aromatic carbocycles. The van der Waals surface area contributed by atoms with E-state index in [0.29, 0.717) is 18.5 Å². The number of aromatic amines is 1. The van der Waals surface area contributed by atoms with E-state index < -0.39 is 0 Å². The summed E-state index contributed by atoms with van der Waals surface area (Å²) in [5.41, 5.74) is 5.93. The lowest BCUT2D eigenvalue weighted by molar-refractivity contribution is 0.0954. The molecule has 3 aromatic heterocycles. The van der Waals surface area contributed by atoms with Crippen molar-refractivity contribution in [2.24, 2.45) is 7.05 Å². The van der Waals surface area contributed by atoms with Gasteiger partial charge in [-0.15, -0.1) is 11.3 Å². The van der Waals surface area contributed by atoms with Gasteiger partial charge in [0.1, 0.15) is 5.82 Å². The number of nitrogens with one attached hydrogen (secondary N) is 2. The predicted molar refractivity (Wildman–Crippen MR) is 129 cm³/mol. The number of amides is 1. The number of fused-ring (bicyclic) bond motifs is 1. The van der Waals surface area contributed by atoms with Gasteiger partial charge in [0.05, 0.1) is 27.9 Å². The molecular formula is C25H23N5OS. The van der Waals surface area contributed by atoms with E-state index in [1.165, 1.54) is 0 Å². The van der Waals surface area contributed by atoms with E-state index in [9.17, 15) is 4.79 Å². The van der Waals surface area contributed by atoms with E-state index in [4.69, 9.17) is 4.98 Å². The molecule has 0 radical (unpaired) electrons. The SMILES string of the molecule is Cc1cccc2[nH]c(-c3ccc(-c4ccc(C(=O)NCCc5cn(C)cn5)cc4)s3)nc12. The Hall–Kier alpha value is -3.71. The van der Waals surface area contributed by atoms with Gasteiger partial charge in [-0.05, 0) is 48.4 Å². The number of rotatable bonds is 6. The Morgan fingerprint density at radius 1 is 1.09 bits per heavy atom. The molecule has 0 saturated heterocycles. The summed E-state index contributed by atoms with van der Waals surface area (Å²) >= 11 is 1.68. The fraction of sp³-hybridized carbons (Fsp3) is 0.160. The minimum absolute atomic E-state index is 0.0722. The first-order valence-corrected chi connectivity index (χ1v) is 11.3. The first-order chi connectivity index (χ1) is 15.6. The second-order valence-corrected chi connectivity index (χ2v) is 8.92. The summed E-state index contributed by atoms with van der Waals surface area (Å²) in [5.74, 6) is 0.812. The minimum Gasteiger partial charge on any atom is -0.352 e. The van der Waals surface area contributed by atoms with Gasteiger partial charge in [-0.1, -0.05) is 24.3 Å². The number of hydrogen-bond donors (Lipinski definition) is 2. The highest BCUT2D eigenvalue weighted by Crippen LogP contribution is 2.34. The van der Waals surface area contributed by atoms with Crippen LogP contribution in [0.5, 0.6) is 0 Å². The molecule has 0 spiro atoms. The van der Waals surface area contributed by atoms with Crippen LogP contribution >= 0.6 is 11.3 Å². The number of aryl methyl sites for hydroxylation is 2. The van der Waals surface area contributed by atoms with Crippen LogP contribution in [-0.2, 0) is 13.5 Å². The Morgan fingerprint density at radius 3 is 2.66 bits per heavy atom. The van der Waals surface area contributed by atoms with Gasteiger partial charge >= 0.3 is 0 Å². The lowest BCUT2D eigenvalue weighted by atomic mass is 10.1. The third-order valence-corrected chi connectivity index (χ3v) is 6.55. The van der Waals surface area contributed by atoms with Crippen LogP contribution in [0.15, 0.2) is 67.1 Å². The second kappa shape index (κ2) is 8.43. The topological polar surface area (TPSA) is 75.6 Å². The zero-order valence-electron chi connectivity index (χ0n) is 17.9. The zero-order valence-corrected chi connectivity index (χ0v) is 18.7. The molecule has 5 rings (SSSR count). The van der Waals surface area contributed by atoms with E-state index >= 15 is 0 Å². The molecule has 7 heteroatoms. The number of aromatic nitrogens is 4. The molecule has 5 aromatic rings. The molecule has 160 valence electrons. The maximum Gasteiger partial charge on any atom is 0.251 e. The lowest BCUT2D eigenvalue weighted by Crippen LogP contribution is -2.25. The van der Waals surface area contributed by atoms with Crippen molar-refractivity contribution in [1.29, 1.82) is 0 Å². The Morgan fingerprint density at radius 2 is 1.91 bits per heavy atom. The summed E-state index contributed by atoms with van der Waals surface area (Å²) < 4.78 is 1.90. The average Bonchev–Trinajstić information content (AvgIpc) is 3.53. The third-order valence-electron chi connectivity index (χ3n) is 5.41. The molecular weight excluding hydrogens is 418 g/mol. The number of thiophene rings is 1. The van der Waals surface area contributed by atoms with Gasteiger partial charge in [-0.25, -0.2) is 9.97 Å². The third kappa shape index (κ3) is 4.07. The second-order valence-electron chi connectivity index (χ2n) is 7.83. The van der Waals surface area contributed by atoms with Crippen molar-refractivity contribution in [2.75, 3.05) is 6.54 Å². The maximum atomic E-state index is 12.4. The Balaban J connectivity index is 1.26. The number of carbonyl (C=O) groups excluding carboxylic acids is 1. The first-order valence-electron chi connectivity index (χ1n) is 10.5. The average molecular weight is 442 g/mol. The summed E-state index contributed by atoms with van der Waals surface area (Å²) in [5, 5.41) is 2.96. The number of para-hydroxylation sites is 1. The quantitative estimate of drug-likeness (QED) is 0.390. The highest BCUT2D eigenvalue weighted by atomic mass is 32.1. The smallest absolute Gasteiger partial charge is 0.251 e. The van der Waals surface area contributed by atoms with Gasteiger partial charge in [0.2, 0.25) is 0 Å². The predicted octanol–water partition coefficient (Wildman–Crippen LogP) is 4.97. The molecule has 0 bridgehead atoms. The van der Waals surface area contributed by atoms with E-state index in [-0.39, 0.29) is 5.91 Å². The Bertz CT molecular complexity index is 1390. The van der Waals surface area contributed by atoms with Crippen molar-refractivity contribution in [1.82, 2.24) is 24.8 Å². The molecule has 0 unspecified atom stereocenters. The number of benzene rings is 2. The molecule has 6 nitrogen and oxygen atoms in total. The number of hydrogen-bond acceptors (Lipinski definition) is 4. The number of nitrogens with zero attached hydrogens (tertiary/aromatic N) is 3. The monoisotopic (exact) mass is 441 g/mol. The zero-order chi connectivity index (χ0) is 22.1. The van der Waals surface area contributed by atoms with Crippen LogP contribution in [0, 0.1) is 6.92 Å². The van der Waals surface area contributed by atoms with Crippen LogP contribution in [0.4, 0.5) is 0 Å². The van der Waals surface area contributed by atoms with Crippen molar-refractivity contribution in [2.45, 2.75) is 13.3 Å². The molecule has 1 amide bonds. The first kappa shape index (κ1) is 20.2. The molecule has 32 heavy (non-hydrogen) atoms. The van der Waals surface area contributed by atoms with Crippen LogP contribution in [0.3, 0.4) is 0 Å². The summed E-state index contributed by atoms with van der Waals surface area (Å²) in [6, 6.07) is 18.1. The van der Waals surface area contributed by atoms with E-state index in [1.54, 1.807) is 17.7 Å². The highest BCUT2D eigenvalue weighted by Gasteiger charge is 2.11. The van der Waals surface area contributed by atoms with Crippen molar-refractivity contribution < 1.29 is 4.79 Å². The van der Waals surface area contributed by atoms with Crippen LogP contribution in [0.25, 0.3) is 32.2 Å².